The number of nitrogens with zero attached hydrogens (tertiary/aromatic N) is 2. The number of hydrogen-bond acceptors (Lipinski definition) is 2. The Morgan fingerprint density at radius 2 is 1.74 bits per heavy atom. The van der Waals surface area contributed by atoms with Crippen LogP contribution in [-0.4, -0.2) is 28.0 Å². The number of likely N-dealkylation sites (N-methyl/N-ethyl adjacent to an activating group) is 1. The maximum atomic E-state index is 10.4. The molecular weight excluding hydrogens is 720 g/mol. The zero-order valence-corrected chi connectivity index (χ0v) is 30.9. The molecule has 1 aliphatic carbocycles. The molecule has 0 radical (unpaired) electrons. The Morgan fingerprint density at radius 1 is 1.10 bits per heavy atom. The summed E-state index contributed by atoms with van der Waals surface area (Å²) in [5, 5.41) is 3.29. The number of rotatable bonds is 12. The largest absolute Gasteiger partial charge is 0.386 e. The van der Waals surface area contributed by atoms with Gasteiger partial charge in [0, 0.05) is 6.92 Å². The topological polar surface area (TPSA) is 27.6 Å². The molecule has 7 heteroatoms. The number of halogens is 3. The molecule has 0 saturated heterocycles. The van der Waals surface area contributed by atoms with E-state index in [4.69, 9.17) is 4.99 Å². The van der Waals surface area contributed by atoms with Crippen LogP contribution in [0.2, 0.25) is 0 Å². The summed E-state index contributed by atoms with van der Waals surface area (Å²) in [4.78, 5) is 7.67. The minimum atomic E-state index is -4.00. The van der Waals surface area contributed by atoms with Crippen molar-refractivity contribution in [2.24, 2.45) is 4.99 Å². The number of nitrogens with one attached hydrogen (secondary N) is 1. The maximum absolute atomic E-state index is 10.4. The number of aliphatic imine (C=N–C) groups is 1. The Balaban J connectivity index is 0.00000113. The van der Waals surface area contributed by atoms with E-state index in [0.29, 0.717) is 38.6 Å². The number of amidine groups is 1. The second-order valence-electron chi connectivity index (χ2n) is 10.6. The summed E-state index contributed by atoms with van der Waals surface area (Å²) in [7, 11) is 2.20. The third-order valence-corrected chi connectivity index (χ3v) is 9.65. The van der Waals surface area contributed by atoms with Gasteiger partial charge >= 0.3 is 248 Å². The number of benzene rings is 2. The first-order valence-corrected chi connectivity index (χ1v) is 17.1. The van der Waals surface area contributed by atoms with E-state index in [1.807, 2.05) is 6.08 Å². The van der Waals surface area contributed by atoms with Crippen LogP contribution in [0.1, 0.15) is 68.2 Å². The van der Waals surface area contributed by atoms with Gasteiger partial charge in [-0.05, 0) is 0 Å². The molecule has 3 rings (SSSR count). The molecule has 42 heavy (non-hydrogen) atoms. The van der Waals surface area contributed by atoms with E-state index < -0.39 is 6.18 Å². The molecule has 1 N–H and O–H groups in total. The van der Waals surface area contributed by atoms with Gasteiger partial charge in [-0.3, -0.25) is 0 Å². The van der Waals surface area contributed by atoms with Gasteiger partial charge in [-0.15, -0.1) is 0 Å². The van der Waals surface area contributed by atoms with Crippen LogP contribution in [0.4, 0.5) is 13.2 Å². The van der Waals surface area contributed by atoms with Gasteiger partial charge in [-0.1, -0.05) is 0 Å². The van der Waals surface area contributed by atoms with Crippen LogP contribution in [0.25, 0.3) is 0 Å². The second-order valence-corrected chi connectivity index (χ2v) is 13.0. The molecule has 2 aromatic carbocycles. The predicted octanol–water partition coefficient (Wildman–Crippen LogP) is 9.47. The molecule has 3 nitrogen and oxygen atoms in total. The fourth-order valence-electron chi connectivity index (χ4n) is 4.75. The van der Waals surface area contributed by atoms with Crippen LogP contribution in [-0.2, 0) is 26.1 Å². The van der Waals surface area contributed by atoms with Gasteiger partial charge < -0.3 is 0 Å². The molecule has 2 atom stereocenters. The third-order valence-electron chi connectivity index (χ3n) is 7.10. The summed E-state index contributed by atoms with van der Waals surface area (Å²) >= 11 is 0.326. The molecule has 0 fully saturated rings. The van der Waals surface area contributed by atoms with E-state index in [0.717, 1.165) is 31.4 Å². The van der Waals surface area contributed by atoms with Crippen molar-refractivity contribution in [3.05, 3.63) is 132 Å². The van der Waals surface area contributed by atoms with Crippen molar-refractivity contribution in [1.29, 1.82) is 0 Å². The first-order chi connectivity index (χ1) is 19.9. The van der Waals surface area contributed by atoms with Crippen molar-refractivity contribution in [3.63, 3.8) is 0 Å². The molecule has 2 aromatic rings. The SMILES string of the molecule is C=CNC/C(N=[C]([Hg])N(C)C(C1=CC=CCC1)c1ccccc1)=C(/C=C)CCC(C)c1ccc(C)cc1.CC(F)(F)F. The van der Waals surface area contributed by atoms with Crippen molar-refractivity contribution in [2.45, 2.75) is 64.6 Å². The molecule has 0 heterocycles. The molecule has 1 aliphatic rings. The first-order valence-electron chi connectivity index (χ1n) is 14.3. The van der Waals surface area contributed by atoms with Crippen LogP contribution in [0, 0.1) is 6.92 Å². The van der Waals surface area contributed by atoms with Crippen molar-refractivity contribution in [1.82, 2.24) is 10.2 Å². The predicted molar refractivity (Wildman–Crippen MR) is 167 cm³/mol. The van der Waals surface area contributed by atoms with Gasteiger partial charge in [-0.2, -0.15) is 13.2 Å². The standard InChI is InChI=1S/C33H40N3.C2H3F3.Hg/c1-6-28(23-20-27(4)29-21-18-26(3)19-22-29)32(24-34-7-2)35-25-36(5)33(30-14-10-8-11-15-30)31-16-12-9-13-17-31;1-2(3,4)5;/h6-12,14-16,18-19,21-22,27,33-34H,1-2,13,17,20,23-24H2,3-5H3;1H3;/b32-28+,35-25?;;. The smallest absolute Gasteiger partial charge is 0.172 e. The second kappa shape index (κ2) is 17.9. The molecule has 0 aromatic heterocycles. The molecular formula is C35H43F3HgN3. The molecule has 0 amide bonds. The zero-order valence-electron chi connectivity index (χ0n) is 25.4. The molecule has 0 saturated carbocycles. The number of allylic oxidation sites excluding steroid dienone is 5. The third kappa shape index (κ3) is 12.6. The number of alkyl halides is 3. The number of aryl methyl sites for hydroxylation is 1. The van der Waals surface area contributed by atoms with Gasteiger partial charge in [0.25, 0.3) is 0 Å². The summed E-state index contributed by atoms with van der Waals surface area (Å²) in [6.07, 6.45) is 10.7. The van der Waals surface area contributed by atoms with E-state index in [9.17, 15) is 13.2 Å². The summed E-state index contributed by atoms with van der Waals surface area (Å²) < 4.78 is 32.2. The fourth-order valence-corrected chi connectivity index (χ4v) is 6.20. The summed E-state index contributed by atoms with van der Waals surface area (Å²) in [6, 6.07) is 19.9. The fraction of sp³-hybridized carbons (Fsp3) is 0.343. The van der Waals surface area contributed by atoms with Gasteiger partial charge in [-0.25, -0.2) is 0 Å². The van der Waals surface area contributed by atoms with Crippen LogP contribution in [0.15, 0.2) is 120 Å². The van der Waals surface area contributed by atoms with Crippen LogP contribution in [0.5, 0.6) is 0 Å². The monoisotopic (exact) mass is 764 g/mol. The van der Waals surface area contributed by atoms with E-state index in [1.54, 1.807) is 6.20 Å². The molecule has 0 aliphatic heterocycles. The Morgan fingerprint density at radius 3 is 2.29 bits per heavy atom. The van der Waals surface area contributed by atoms with Gasteiger partial charge in [0.1, 0.15) is 0 Å². The Labute approximate surface area is 266 Å². The van der Waals surface area contributed by atoms with Crippen molar-refractivity contribution in [2.75, 3.05) is 13.6 Å². The maximum Gasteiger partial charge on any atom is 0.386 e. The molecule has 0 spiro atoms. The first kappa shape index (κ1) is 35.3. The van der Waals surface area contributed by atoms with E-state index in [1.165, 1.54) is 31.2 Å². The minimum absolute atomic E-state index is 0.188. The molecule has 2 unspecified atom stereocenters. The quantitative estimate of drug-likeness (QED) is 0.101. The summed E-state index contributed by atoms with van der Waals surface area (Å²) in [5.74, 6) is 0.476. The normalized spacial score (nSPS) is 15.4. The van der Waals surface area contributed by atoms with E-state index >= 15 is 0 Å². The Bertz CT molecular complexity index is 1250. The Hall–Kier alpha value is -2.86. The zero-order chi connectivity index (χ0) is 31.1. The van der Waals surface area contributed by atoms with Crippen LogP contribution < -0.4 is 5.32 Å². The van der Waals surface area contributed by atoms with Gasteiger partial charge in [0.15, 0.2) is 0 Å². The van der Waals surface area contributed by atoms with Crippen LogP contribution >= 0.6 is 0 Å². The molecule has 221 valence electrons. The van der Waals surface area contributed by atoms with E-state index in [2.05, 4.69) is 117 Å². The Kier molecular flexibility index (Phi) is 15.1. The van der Waals surface area contributed by atoms with Gasteiger partial charge in [0.05, 0.1) is 0 Å². The molecule has 0 bridgehead atoms. The summed E-state index contributed by atoms with van der Waals surface area (Å²) in [6.45, 7) is 13.3. The number of hydrogen-bond donors (Lipinski definition) is 1. The summed E-state index contributed by atoms with van der Waals surface area (Å²) in [5.41, 5.74) is 7.72. The average Bonchev–Trinajstić information content (AvgIpc) is 2.96. The van der Waals surface area contributed by atoms with Crippen molar-refractivity contribution < 1.29 is 39.3 Å². The van der Waals surface area contributed by atoms with Gasteiger partial charge in [0.2, 0.25) is 0 Å². The van der Waals surface area contributed by atoms with Crippen molar-refractivity contribution in [3.8, 4) is 0 Å². The average molecular weight is 763 g/mol. The van der Waals surface area contributed by atoms with Crippen LogP contribution in [0.3, 0.4) is 0 Å². The van der Waals surface area contributed by atoms with E-state index in [-0.39, 0.29) is 13.0 Å². The van der Waals surface area contributed by atoms with Crippen molar-refractivity contribution >= 4 is 3.34 Å². The minimum Gasteiger partial charge on any atom is -0.172 e.